The van der Waals surface area contributed by atoms with Crippen LogP contribution in [0.15, 0.2) is 35.7 Å². The molecule has 0 saturated carbocycles. The standard InChI is InChI=1S/C15H17ClFNS/c1-11(2)18(10-13-4-3-7-19-13)15-6-5-12(9-16)8-14(15)17/h3-8,11H,9-10H2,1-2H3. The summed E-state index contributed by atoms with van der Waals surface area (Å²) in [5.41, 5.74) is 1.44. The van der Waals surface area contributed by atoms with Crippen molar-refractivity contribution in [3.63, 3.8) is 0 Å². The second kappa shape index (κ2) is 6.40. The molecule has 1 aromatic heterocycles. The number of thiophene rings is 1. The fourth-order valence-electron chi connectivity index (χ4n) is 1.98. The first-order valence-electron chi connectivity index (χ1n) is 6.25. The molecule has 102 valence electrons. The van der Waals surface area contributed by atoms with E-state index in [1.54, 1.807) is 11.3 Å². The second-order valence-electron chi connectivity index (χ2n) is 4.72. The fourth-order valence-corrected chi connectivity index (χ4v) is 2.85. The third-order valence-corrected chi connectivity index (χ3v) is 4.18. The lowest BCUT2D eigenvalue weighted by Crippen LogP contribution is -2.30. The maximum absolute atomic E-state index is 14.2. The van der Waals surface area contributed by atoms with Gasteiger partial charge in [-0.1, -0.05) is 12.1 Å². The molecule has 0 radical (unpaired) electrons. The summed E-state index contributed by atoms with van der Waals surface area (Å²) in [6, 6.07) is 9.55. The highest BCUT2D eigenvalue weighted by atomic mass is 35.5. The van der Waals surface area contributed by atoms with Crippen molar-refractivity contribution >= 4 is 28.6 Å². The number of alkyl halides is 1. The van der Waals surface area contributed by atoms with Crippen LogP contribution in [0.2, 0.25) is 0 Å². The molecule has 0 saturated heterocycles. The molecule has 0 fully saturated rings. The Morgan fingerprint density at radius 2 is 2.11 bits per heavy atom. The zero-order valence-electron chi connectivity index (χ0n) is 11.1. The first kappa shape index (κ1) is 14.4. The van der Waals surface area contributed by atoms with E-state index >= 15 is 0 Å². The minimum Gasteiger partial charge on any atom is -0.362 e. The minimum atomic E-state index is -0.205. The van der Waals surface area contributed by atoms with Crippen LogP contribution in [0, 0.1) is 5.82 Å². The van der Waals surface area contributed by atoms with Gasteiger partial charge in [-0.3, -0.25) is 0 Å². The van der Waals surface area contributed by atoms with Crippen LogP contribution in [0.3, 0.4) is 0 Å². The number of halogens is 2. The van der Waals surface area contributed by atoms with E-state index < -0.39 is 0 Å². The second-order valence-corrected chi connectivity index (χ2v) is 6.02. The van der Waals surface area contributed by atoms with Crippen molar-refractivity contribution in [2.24, 2.45) is 0 Å². The topological polar surface area (TPSA) is 3.24 Å². The molecule has 0 amide bonds. The predicted molar refractivity (Wildman–Crippen MR) is 81.6 cm³/mol. The average molecular weight is 298 g/mol. The number of nitrogens with zero attached hydrogens (tertiary/aromatic N) is 1. The van der Waals surface area contributed by atoms with Gasteiger partial charge < -0.3 is 4.90 Å². The van der Waals surface area contributed by atoms with Gasteiger partial charge in [0.2, 0.25) is 0 Å². The van der Waals surface area contributed by atoms with E-state index in [0.29, 0.717) is 11.6 Å². The van der Waals surface area contributed by atoms with Crippen LogP contribution in [0.25, 0.3) is 0 Å². The molecule has 0 atom stereocenters. The lowest BCUT2D eigenvalue weighted by molar-refractivity contribution is 0.599. The van der Waals surface area contributed by atoms with Crippen LogP contribution in [0.4, 0.5) is 10.1 Å². The van der Waals surface area contributed by atoms with Gasteiger partial charge in [-0.25, -0.2) is 4.39 Å². The van der Waals surface area contributed by atoms with Crippen molar-refractivity contribution in [1.82, 2.24) is 0 Å². The number of benzene rings is 1. The van der Waals surface area contributed by atoms with Gasteiger partial charge in [-0.2, -0.15) is 0 Å². The van der Waals surface area contributed by atoms with Crippen LogP contribution in [-0.2, 0) is 12.4 Å². The normalized spacial score (nSPS) is 11.0. The Morgan fingerprint density at radius 3 is 2.63 bits per heavy atom. The highest BCUT2D eigenvalue weighted by molar-refractivity contribution is 7.09. The molecule has 4 heteroatoms. The molecular weight excluding hydrogens is 281 g/mol. The molecule has 0 aliphatic rings. The Morgan fingerprint density at radius 1 is 1.32 bits per heavy atom. The first-order valence-corrected chi connectivity index (χ1v) is 7.66. The maximum atomic E-state index is 14.2. The van der Waals surface area contributed by atoms with E-state index in [1.165, 1.54) is 10.9 Å². The number of rotatable bonds is 5. The van der Waals surface area contributed by atoms with Gasteiger partial charge in [-0.15, -0.1) is 22.9 Å². The van der Waals surface area contributed by atoms with Crippen molar-refractivity contribution in [3.8, 4) is 0 Å². The lowest BCUT2D eigenvalue weighted by atomic mass is 10.1. The molecule has 0 aliphatic heterocycles. The third kappa shape index (κ3) is 3.48. The predicted octanol–water partition coefficient (Wildman–Crippen LogP) is 5.04. The van der Waals surface area contributed by atoms with Crippen molar-refractivity contribution in [2.45, 2.75) is 32.3 Å². The average Bonchev–Trinajstić information content (AvgIpc) is 2.89. The molecule has 0 bridgehead atoms. The van der Waals surface area contributed by atoms with Gasteiger partial charge in [0.05, 0.1) is 12.2 Å². The van der Waals surface area contributed by atoms with Crippen LogP contribution in [-0.4, -0.2) is 6.04 Å². The molecule has 0 N–H and O–H groups in total. The van der Waals surface area contributed by atoms with Gasteiger partial charge >= 0.3 is 0 Å². The van der Waals surface area contributed by atoms with E-state index in [0.717, 1.165) is 12.1 Å². The van der Waals surface area contributed by atoms with E-state index in [9.17, 15) is 4.39 Å². The molecule has 19 heavy (non-hydrogen) atoms. The summed E-state index contributed by atoms with van der Waals surface area (Å²) in [6.45, 7) is 4.87. The van der Waals surface area contributed by atoms with E-state index in [1.807, 2.05) is 23.6 Å². The smallest absolute Gasteiger partial charge is 0.146 e. The van der Waals surface area contributed by atoms with Crippen LogP contribution in [0.5, 0.6) is 0 Å². The van der Waals surface area contributed by atoms with Crippen LogP contribution >= 0.6 is 22.9 Å². The Bertz CT molecular complexity index is 525. The summed E-state index contributed by atoms with van der Waals surface area (Å²) < 4.78 is 14.2. The first-order chi connectivity index (χ1) is 9.11. The summed E-state index contributed by atoms with van der Waals surface area (Å²) in [5, 5.41) is 2.04. The monoisotopic (exact) mass is 297 g/mol. The Labute approximate surface area is 122 Å². The maximum Gasteiger partial charge on any atom is 0.146 e. The quantitative estimate of drug-likeness (QED) is 0.699. The SMILES string of the molecule is CC(C)N(Cc1cccs1)c1ccc(CCl)cc1F. The minimum absolute atomic E-state index is 0.205. The van der Waals surface area contributed by atoms with Crippen molar-refractivity contribution in [3.05, 3.63) is 52.0 Å². The Balaban J connectivity index is 2.28. The largest absolute Gasteiger partial charge is 0.362 e. The van der Waals surface area contributed by atoms with Crippen molar-refractivity contribution in [1.29, 1.82) is 0 Å². The van der Waals surface area contributed by atoms with Crippen LogP contribution in [0.1, 0.15) is 24.3 Å². The molecule has 1 aromatic carbocycles. The number of hydrogen-bond donors (Lipinski definition) is 0. The van der Waals surface area contributed by atoms with Gasteiger partial charge in [0, 0.05) is 16.8 Å². The van der Waals surface area contributed by atoms with Crippen molar-refractivity contribution < 1.29 is 4.39 Å². The lowest BCUT2D eigenvalue weighted by Gasteiger charge is -2.29. The van der Waals surface area contributed by atoms with Gasteiger partial charge in [0.1, 0.15) is 5.82 Å². The van der Waals surface area contributed by atoms with Crippen molar-refractivity contribution in [2.75, 3.05) is 4.90 Å². The molecule has 0 spiro atoms. The molecule has 1 heterocycles. The summed E-state index contributed by atoms with van der Waals surface area (Å²) in [6.07, 6.45) is 0. The fraction of sp³-hybridized carbons (Fsp3) is 0.333. The molecule has 2 aromatic rings. The third-order valence-electron chi connectivity index (χ3n) is 3.01. The Hall–Kier alpha value is -1.06. The number of anilines is 1. The summed E-state index contributed by atoms with van der Waals surface area (Å²) in [5.74, 6) is 0.132. The van der Waals surface area contributed by atoms with Gasteiger partial charge in [0.15, 0.2) is 0 Å². The summed E-state index contributed by atoms with van der Waals surface area (Å²) in [4.78, 5) is 3.30. The van der Waals surface area contributed by atoms with Gasteiger partial charge in [-0.05, 0) is 43.0 Å². The highest BCUT2D eigenvalue weighted by Gasteiger charge is 2.16. The zero-order chi connectivity index (χ0) is 13.8. The molecule has 2 rings (SSSR count). The zero-order valence-corrected chi connectivity index (χ0v) is 12.6. The van der Waals surface area contributed by atoms with E-state index in [2.05, 4.69) is 24.8 Å². The number of hydrogen-bond acceptors (Lipinski definition) is 2. The highest BCUT2D eigenvalue weighted by Crippen LogP contribution is 2.26. The molecule has 0 unspecified atom stereocenters. The summed E-state index contributed by atoms with van der Waals surface area (Å²) >= 11 is 7.42. The van der Waals surface area contributed by atoms with E-state index in [4.69, 9.17) is 11.6 Å². The molecule has 0 aliphatic carbocycles. The van der Waals surface area contributed by atoms with E-state index in [-0.39, 0.29) is 11.9 Å². The molecule has 1 nitrogen and oxygen atoms in total. The summed E-state index contributed by atoms with van der Waals surface area (Å²) in [7, 11) is 0. The van der Waals surface area contributed by atoms with Crippen LogP contribution < -0.4 is 4.90 Å². The molecular formula is C15H17ClFNS. The van der Waals surface area contributed by atoms with Gasteiger partial charge in [0.25, 0.3) is 0 Å². The Kier molecular flexibility index (Phi) is 4.83.